The summed E-state index contributed by atoms with van der Waals surface area (Å²) in [5, 5.41) is 0. The predicted molar refractivity (Wildman–Crippen MR) is 77.9 cm³/mol. The van der Waals surface area contributed by atoms with Crippen molar-refractivity contribution in [2.75, 3.05) is 0 Å². The minimum Gasteiger partial charge on any atom is -0.211 e. The van der Waals surface area contributed by atoms with Crippen molar-refractivity contribution in [3.8, 4) is 0 Å². The van der Waals surface area contributed by atoms with Crippen LogP contribution in [-0.4, -0.2) is 12.2 Å². The Morgan fingerprint density at radius 2 is 1.45 bits per heavy atom. The average Bonchev–Trinajstić information content (AvgIpc) is 2.45. The van der Waals surface area contributed by atoms with E-state index in [1.54, 1.807) is 25.1 Å². The van der Waals surface area contributed by atoms with E-state index in [9.17, 15) is 9.59 Å². The molecule has 0 saturated carbocycles. The van der Waals surface area contributed by atoms with E-state index < -0.39 is 0 Å². The van der Waals surface area contributed by atoms with Crippen molar-refractivity contribution in [2.24, 2.45) is 9.98 Å². The lowest BCUT2D eigenvalue weighted by atomic mass is 10.2. The number of aliphatic imine (C=N–C) groups is 2. The molecule has 0 amide bonds. The van der Waals surface area contributed by atoms with Crippen LogP contribution in [0.4, 0.5) is 11.4 Å². The Morgan fingerprint density at radius 1 is 0.800 bits per heavy atom. The van der Waals surface area contributed by atoms with Gasteiger partial charge in [-0.2, -0.15) is 9.98 Å². The molecule has 0 N–H and O–H groups in total. The zero-order chi connectivity index (χ0) is 14.8. The zero-order valence-electron chi connectivity index (χ0n) is 11.3. The number of hydrogen-bond donors (Lipinski definition) is 0. The van der Waals surface area contributed by atoms with Crippen LogP contribution < -0.4 is 0 Å². The monoisotopic (exact) mass is 266 g/mol. The molecule has 0 saturated heterocycles. The first-order chi connectivity index (χ1) is 9.69. The SMILES string of the molecule is Cc1cccc(N=C=O)c1N=C=O.Cc1ccccc1. The molecule has 0 radical (unpaired) electrons. The fourth-order valence-corrected chi connectivity index (χ4v) is 1.51. The van der Waals surface area contributed by atoms with Gasteiger partial charge in [-0.3, -0.25) is 0 Å². The van der Waals surface area contributed by atoms with Gasteiger partial charge in [-0.15, -0.1) is 0 Å². The molecule has 0 aliphatic rings. The molecule has 4 nitrogen and oxygen atoms in total. The summed E-state index contributed by atoms with van der Waals surface area (Å²) in [5.74, 6) is 0. The molecule has 4 heteroatoms. The number of nitrogens with zero attached hydrogens (tertiary/aromatic N) is 2. The molecule has 0 unspecified atom stereocenters. The molecule has 20 heavy (non-hydrogen) atoms. The highest BCUT2D eigenvalue weighted by molar-refractivity contribution is 5.71. The van der Waals surface area contributed by atoms with Gasteiger partial charge in [0.2, 0.25) is 12.2 Å². The van der Waals surface area contributed by atoms with Gasteiger partial charge in [0, 0.05) is 0 Å². The number of carbonyl (C=O) groups excluding carboxylic acids is 2. The lowest BCUT2D eigenvalue weighted by molar-refractivity contribution is 0.564. The normalized spacial score (nSPS) is 8.50. The summed E-state index contributed by atoms with van der Waals surface area (Å²) in [4.78, 5) is 26.9. The molecule has 0 aliphatic heterocycles. The Bertz CT molecular complexity index is 653. The largest absolute Gasteiger partial charge is 0.240 e. The summed E-state index contributed by atoms with van der Waals surface area (Å²) >= 11 is 0. The Balaban J connectivity index is 0.000000240. The molecule has 0 heterocycles. The van der Waals surface area contributed by atoms with E-state index in [4.69, 9.17) is 0 Å². The first-order valence-electron chi connectivity index (χ1n) is 5.96. The van der Waals surface area contributed by atoms with Crippen molar-refractivity contribution >= 4 is 23.5 Å². The molecule has 0 bridgehead atoms. The van der Waals surface area contributed by atoms with Gasteiger partial charge in [-0.1, -0.05) is 48.0 Å². The second kappa shape index (κ2) is 8.33. The molecule has 0 aliphatic carbocycles. The van der Waals surface area contributed by atoms with Crippen molar-refractivity contribution in [3.05, 3.63) is 59.7 Å². The second-order valence-electron chi connectivity index (χ2n) is 4.00. The Hall–Kier alpha value is -2.80. The highest BCUT2D eigenvalue weighted by Gasteiger charge is 2.02. The molecule has 2 aromatic carbocycles. The van der Waals surface area contributed by atoms with Crippen molar-refractivity contribution < 1.29 is 9.59 Å². The smallest absolute Gasteiger partial charge is 0.211 e. The number of aryl methyl sites for hydroxylation is 2. The van der Waals surface area contributed by atoms with E-state index in [0.29, 0.717) is 11.4 Å². The third-order valence-corrected chi connectivity index (χ3v) is 2.48. The van der Waals surface area contributed by atoms with Crippen molar-refractivity contribution in [2.45, 2.75) is 13.8 Å². The van der Waals surface area contributed by atoms with Crippen LogP contribution in [0.25, 0.3) is 0 Å². The predicted octanol–water partition coefficient (Wildman–Crippen LogP) is 3.92. The van der Waals surface area contributed by atoms with E-state index in [0.717, 1.165) is 5.56 Å². The van der Waals surface area contributed by atoms with Gasteiger partial charge in [-0.05, 0) is 25.5 Å². The van der Waals surface area contributed by atoms with Gasteiger partial charge in [-0.25, -0.2) is 9.59 Å². The van der Waals surface area contributed by atoms with E-state index in [1.807, 2.05) is 18.2 Å². The minimum absolute atomic E-state index is 0.332. The maximum atomic E-state index is 10.1. The van der Waals surface area contributed by atoms with Crippen LogP contribution in [-0.2, 0) is 9.59 Å². The Labute approximate surface area is 117 Å². The lowest BCUT2D eigenvalue weighted by Crippen LogP contribution is -1.74. The molecule has 2 rings (SSSR count). The summed E-state index contributed by atoms with van der Waals surface area (Å²) in [5.41, 5.74) is 2.78. The van der Waals surface area contributed by atoms with Gasteiger partial charge in [0.1, 0.15) is 11.4 Å². The summed E-state index contributed by atoms with van der Waals surface area (Å²) in [6, 6.07) is 15.3. The number of isocyanates is 2. The van der Waals surface area contributed by atoms with Crippen LogP contribution in [0.5, 0.6) is 0 Å². The number of para-hydroxylation sites is 1. The highest BCUT2D eigenvalue weighted by atomic mass is 16.1. The van der Waals surface area contributed by atoms with E-state index in [-0.39, 0.29) is 0 Å². The average molecular weight is 266 g/mol. The quantitative estimate of drug-likeness (QED) is 0.611. The molecular weight excluding hydrogens is 252 g/mol. The number of benzene rings is 2. The third-order valence-electron chi connectivity index (χ3n) is 2.48. The fraction of sp³-hybridized carbons (Fsp3) is 0.125. The van der Waals surface area contributed by atoms with Gasteiger partial charge >= 0.3 is 0 Å². The van der Waals surface area contributed by atoms with Gasteiger partial charge < -0.3 is 0 Å². The standard InChI is InChI=1S/C9H6N2O2.C7H8/c1-7-3-2-4-8(10-5-12)9(7)11-6-13;1-7-5-3-2-4-6-7/h2-4H,1H3;2-6H,1H3. The molecule has 100 valence electrons. The summed E-state index contributed by atoms with van der Waals surface area (Å²) < 4.78 is 0. The first-order valence-corrected chi connectivity index (χ1v) is 5.96. The summed E-state index contributed by atoms with van der Waals surface area (Å²) in [7, 11) is 0. The van der Waals surface area contributed by atoms with Crippen molar-refractivity contribution in [1.29, 1.82) is 0 Å². The zero-order valence-corrected chi connectivity index (χ0v) is 11.3. The van der Waals surface area contributed by atoms with Gasteiger partial charge in [0.15, 0.2) is 0 Å². The van der Waals surface area contributed by atoms with Crippen molar-refractivity contribution in [1.82, 2.24) is 0 Å². The van der Waals surface area contributed by atoms with Crippen LogP contribution in [0.3, 0.4) is 0 Å². The van der Waals surface area contributed by atoms with Gasteiger partial charge in [0.25, 0.3) is 0 Å². The van der Waals surface area contributed by atoms with E-state index >= 15 is 0 Å². The van der Waals surface area contributed by atoms with Crippen LogP contribution in [0, 0.1) is 13.8 Å². The molecule has 0 spiro atoms. The van der Waals surface area contributed by atoms with Crippen molar-refractivity contribution in [3.63, 3.8) is 0 Å². The van der Waals surface area contributed by atoms with Crippen LogP contribution in [0.2, 0.25) is 0 Å². The fourth-order valence-electron chi connectivity index (χ4n) is 1.51. The van der Waals surface area contributed by atoms with Crippen LogP contribution in [0.15, 0.2) is 58.5 Å². The second-order valence-corrected chi connectivity index (χ2v) is 4.00. The summed E-state index contributed by atoms with van der Waals surface area (Å²) in [6.45, 7) is 3.85. The molecule has 0 aromatic heterocycles. The molecular formula is C16H14N2O2. The van der Waals surface area contributed by atoms with Crippen LogP contribution in [0.1, 0.15) is 11.1 Å². The maximum Gasteiger partial charge on any atom is 0.240 e. The number of hydrogen-bond acceptors (Lipinski definition) is 4. The lowest BCUT2D eigenvalue weighted by Gasteiger charge is -1.99. The van der Waals surface area contributed by atoms with E-state index in [1.165, 1.54) is 17.7 Å². The molecule has 0 fully saturated rings. The third kappa shape index (κ3) is 4.83. The summed E-state index contributed by atoms with van der Waals surface area (Å²) in [6.07, 6.45) is 2.80. The number of rotatable bonds is 2. The van der Waals surface area contributed by atoms with E-state index in [2.05, 4.69) is 29.0 Å². The molecule has 0 atom stereocenters. The Morgan fingerprint density at radius 3 is 1.95 bits per heavy atom. The highest BCUT2D eigenvalue weighted by Crippen LogP contribution is 2.30. The van der Waals surface area contributed by atoms with Crippen LogP contribution >= 0.6 is 0 Å². The first kappa shape index (κ1) is 15.3. The minimum atomic E-state index is 0.332. The molecule has 2 aromatic rings. The topological polar surface area (TPSA) is 58.9 Å². The Kier molecular flexibility index (Phi) is 6.35. The maximum absolute atomic E-state index is 10.1. The van der Waals surface area contributed by atoms with Gasteiger partial charge in [0.05, 0.1) is 0 Å².